The molecule has 6 nitrogen and oxygen atoms in total. The van der Waals surface area contributed by atoms with E-state index >= 15 is 0 Å². The number of esters is 1. The van der Waals surface area contributed by atoms with Crippen LogP contribution in [0.2, 0.25) is 0 Å². The van der Waals surface area contributed by atoms with Gasteiger partial charge in [0.2, 0.25) is 0 Å². The molecule has 1 saturated heterocycles. The van der Waals surface area contributed by atoms with Crippen LogP contribution in [0.25, 0.3) is 10.9 Å². The maximum absolute atomic E-state index is 13.5. The zero-order chi connectivity index (χ0) is 24.4. The summed E-state index contributed by atoms with van der Waals surface area (Å²) in [4.78, 5) is 35.6. The van der Waals surface area contributed by atoms with Gasteiger partial charge in [-0.25, -0.2) is 4.79 Å². The molecule has 2 aliphatic heterocycles. The average molecular weight is 472 g/mol. The number of nitrogens with zero attached hydrogens (tertiary/aromatic N) is 3. The first kappa shape index (κ1) is 23.5. The molecule has 0 unspecified atom stereocenters. The molecule has 35 heavy (non-hydrogen) atoms. The molecule has 3 aromatic rings. The van der Waals surface area contributed by atoms with Crippen molar-refractivity contribution in [1.82, 2.24) is 14.8 Å². The van der Waals surface area contributed by atoms with Crippen LogP contribution < -0.4 is 0 Å². The lowest BCUT2D eigenvalue weighted by atomic mass is 9.95. The number of hydrogen-bond acceptors (Lipinski definition) is 5. The molecule has 0 N–H and O–H groups in total. The Labute approximate surface area is 206 Å². The van der Waals surface area contributed by atoms with Crippen LogP contribution >= 0.6 is 0 Å². The molecule has 5 rings (SSSR count). The van der Waals surface area contributed by atoms with Gasteiger partial charge >= 0.3 is 5.97 Å². The molecule has 0 spiro atoms. The summed E-state index contributed by atoms with van der Waals surface area (Å²) in [6, 6.07) is 18.4. The molecular weight excluding hydrogens is 438 g/mol. The number of pyridine rings is 1. The number of carbonyl (C=O) groups is 2. The Balaban J connectivity index is 1.40. The minimum absolute atomic E-state index is 0.115. The Morgan fingerprint density at radius 3 is 2.49 bits per heavy atom. The lowest BCUT2D eigenvalue weighted by Crippen LogP contribution is -2.49. The number of likely N-dealkylation sites (tertiary alicyclic amines) is 1. The Kier molecular flexibility index (Phi) is 6.82. The zero-order valence-electron chi connectivity index (χ0n) is 20.6. The van der Waals surface area contributed by atoms with E-state index in [9.17, 15) is 9.59 Å². The summed E-state index contributed by atoms with van der Waals surface area (Å²) >= 11 is 0. The van der Waals surface area contributed by atoms with E-state index in [-0.39, 0.29) is 24.6 Å². The fraction of sp³-hybridized carbons (Fsp3) is 0.414. The number of carbonyl (C=O) groups excluding carboxylic acids is 2. The van der Waals surface area contributed by atoms with Gasteiger partial charge in [-0.3, -0.25) is 14.7 Å². The molecule has 1 amide bonds. The summed E-state index contributed by atoms with van der Waals surface area (Å²) in [5, 5.41) is 0.782. The van der Waals surface area contributed by atoms with E-state index in [4.69, 9.17) is 9.72 Å². The predicted octanol–water partition coefficient (Wildman–Crippen LogP) is 4.74. The zero-order valence-corrected chi connectivity index (χ0v) is 20.6. The number of benzene rings is 2. The molecule has 0 aliphatic carbocycles. The molecule has 0 radical (unpaired) electrons. The van der Waals surface area contributed by atoms with Crippen molar-refractivity contribution in [2.24, 2.45) is 0 Å². The van der Waals surface area contributed by atoms with Crippen molar-refractivity contribution < 1.29 is 14.3 Å². The van der Waals surface area contributed by atoms with Gasteiger partial charge in [0.25, 0.3) is 5.91 Å². The SMILES string of the molecule is C[C@H]1CCC[C@H](C)N1C(=O)COC(=O)c1c2c(nc3ccccc13)CCN(Cc1ccccc1)C2. The molecule has 1 fully saturated rings. The van der Waals surface area contributed by atoms with Gasteiger partial charge in [-0.2, -0.15) is 0 Å². The molecule has 0 bridgehead atoms. The summed E-state index contributed by atoms with van der Waals surface area (Å²) < 4.78 is 5.69. The Hall–Kier alpha value is -3.25. The lowest BCUT2D eigenvalue weighted by molar-refractivity contribution is -0.140. The normalized spacial score (nSPS) is 20.5. The average Bonchev–Trinajstić information content (AvgIpc) is 2.86. The van der Waals surface area contributed by atoms with Gasteiger partial charge in [-0.1, -0.05) is 48.5 Å². The van der Waals surface area contributed by atoms with Crippen LogP contribution in [-0.2, 0) is 29.0 Å². The quantitative estimate of drug-likeness (QED) is 0.503. The van der Waals surface area contributed by atoms with Crippen LogP contribution in [0.5, 0.6) is 0 Å². The van der Waals surface area contributed by atoms with E-state index in [0.29, 0.717) is 12.1 Å². The number of piperidine rings is 1. The lowest BCUT2D eigenvalue weighted by Gasteiger charge is -2.38. The molecule has 2 atom stereocenters. The van der Waals surface area contributed by atoms with Crippen LogP contribution in [0.1, 0.15) is 60.3 Å². The summed E-state index contributed by atoms with van der Waals surface area (Å²) in [7, 11) is 0. The number of fused-ring (bicyclic) bond motifs is 2. The summed E-state index contributed by atoms with van der Waals surface area (Å²) in [6.07, 6.45) is 3.88. The molecule has 2 aliphatic rings. The third-order valence-corrected chi connectivity index (χ3v) is 7.39. The number of ether oxygens (including phenoxy) is 1. The second-order valence-electron chi connectivity index (χ2n) is 9.88. The number of rotatable bonds is 5. The Morgan fingerprint density at radius 2 is 1.71 bits per heavy atom. The first-order chi connectivity index (χ1) is 17.0. The fourth-order valence-corrected chi connectivity index (χ4v) is 5.64. The van der Waals surface area contributed by atoms with Crippen molar-refractivity contribution in [3.63, 3.8) is 0 Å². The van der Waals surface area contributed by atoms with Gasteiger partial charge in [0.05, 0.1) is 11.1 Å². The molecule has 182 valence electrons. The number of aromatic nitrogens is 1. The molecule has 0 saturated carbocycles. The van der Waals surface area contributed by atoms with Gasteiger partial charge in [-0.05, 0) is 44.7 Å². The van der Waals surface area contributed by atoms with E-state index in [1.807, 2.05) is 47.4 Å². The number of amides is 1. The summed E-state index contributed by atoms with van der Waals surface area (Å²) in [6.45, 7) is 6.23. The van der Waals surface area contributed by atoms with Gasteiger partial charge in [0.1, 0.15) is 0 Å². The predicted molar refractivity (Wildman–Crippen MR) is 136 cm³/mol. The van der Waals surface area contributed by atoms with Gasteiger partial charge < -0.3 is 9.64 Å². The maximum Gasteiger partial charge on any atom is 0.339 e. The standard InChI is InChI=1S/C29H33N3O3/c1-20-9-8-10-21(2)32(20)27(33)19-35-29(34)28-23-13-6-7-14-25(23)30-26-15-16-31(18-24(26)28)17-22-11-4-3-5-12-22/h3-7,11-14,20-21H,8-10,15-19H2,1-2H3/t20-,21-/m0/s1. The van der Waals surface area contributed by atoms with E-state index in [0.717, 1.165) is 60.9 Å². The third-order valence-electron chi connectivity index (χ3n) is 7.39. The van der Waals surface area contributed by atoms with Crippen LogP contribution in [0.3, 0.4) is 0 Å². The molecule has 2 aromatic carbocycles. The van der Waals surface area contributed by atoms with E-state index in [1.54, 1.807) is 0 Å². The smallest absolute Gasteiger partial charge is 0.339 e. The van der Waals surface area contributed by atoms with Gasteiger partial charge in [0, 0.05) is 54.8 Å². The van der Waals surface area contributed by atoms with Crippen LogP contribution in [0.4, 0.5) is 0 Å². The first-order valence-corrected chi connectivity index (χ1v) is 12.7. The summed E-state index contributed by atoms with van der Waals surface area (Å²) in [5.41, 5.74) is 4.45. The number of hydrogen-bond donors (Lipinski definition) is 0. The largest absolute Gasteiger partial charge is 0.452 e. The molecule has 1 aromatic heterocycles. The highest BCUT2D eigenvalue weighted by atomic mass is 16.5. The topological polar surface area (TPSA) is 62.7 Å². The maximum atomic E-state index is 13.5. The molecule has 6 heteroatoms. The second kappa shape index (κ2) is 10.2. The highest BCUT2D eigenvalue weighted by Gasteiger charge is 2.31. The highest BCUT2D eigenvalue weighted by molar-refractivity contribution is 6.05. The second-order valence-corrected chi connectivity index (χ2v) is 9.88. The van der Waals surface area contributed by atoms with E-state index in [2.05, 4.69) is 30.9 Å². The first-order valence-electron chi connectivity index (χ1n) is 12.7. The minimum Gasteiger partial charge on any atom is -0.452 e. The van der Waals surface area contributed by atoms with Crippen LogP contribution in [0.15, 0.2) is 54.6 Å². The monoisotopic (exact) mass is 471 g/mol. The van der Waals surface area contributed by atoms with Crippen molar-refractivity contribution in [2.45, 2.75) is 64.7 Å². The summed E-state index contributed by atoms with van der Waals surface area (Å²) in [5.74, 6) is -0.553. The minimum atomic E-state index is -0.438. The van der Waals surface area contributed by atoms with Crippen molar-refractivity contribution in [1.29, 1.82) is 0 Å². The molecule has 3 heterocycles. The van der Waals surface area contributed by atoms with Crippen LogP contribution in [0, 0.1) is 0 Å². The van der Waals surface area contributed by atoms with E-state index in [1.165, 1.54) is 5.56 Å². The Morgan fingerprint density at radius 1 is 1.00 bits per heavy atom. The number of para-hydroxylation sites is 1. The van der Waals surface area contributed by atoms with Crippen molar-refractivity contribution in [2.75, 3.05) is 13.2 Å². The highest BCUT2D eigenvalue weighted by Crippen LogP contribution is 2.30. The fourth-order valence-electron chi connectivity index (χ4n) is 5.64. The Bertz CT molecular complexity index is 1220. The van der Waals surface area contributed by atoms with E-state index < -0.39 is 5.97 Å². The molecular formula is C29H33N3O3. The van der Waals surface area contributed by atoms with Crippen molar-refractivity contribution in [3.8, 4) is 0 Å². The van der Waals surface area contributed by atoms with Crippen molar-refractivity contribution >= 4 is 22.8 Å². The van der Waals surface area contributed by atoms with Gasteiger partial charge in [0.15, 0.2) is 6.61 Å². The van der Waals surface area contributed by atoms with Crippen LogP contribution in [-0.4, -0.2) is 51.9 Å². The van der Waals surface area contributed by atoms with Crippen molar-refractivity contribution in [3.05, 3.63) is 77.0 Å². The third kappa shape index (κ3) is 4.94. The van der Waals surface area contributed by atoms with Gasteiger partial charge in [-0.15, -0.1) is 0 Å².